The van der Waals surface area contributed by atoms with Crippen LogP contribution >= 0.6 is 7.43 Å². The Kier molecular flexibility index (Phi) is 6.23. The summed E-state index contributed by atoms with van der Waals surface area (Å²) in [6.07, 6.45) is 4.31. The number of hydrogen-bond donors (Lipinski definition) is 2. The summed E-state index contributed by atoms with van der Waals surface area (Å²) >= 11 is 0. The molecule has 0 aliphatic rings. The molecule has 0 aromatic rings. The average molecular weight is 239 g/mol. The Hall–Kier alpha value is 0.270. The van der Waals surface area contributed by atoms with Crippen LogP contribution < -0.4 is 0 Å². The fourth-order valence-electron chi connectivity index (χ4n) is 1.23. The Labute approximate surface area is 93.5 Å². The van der Waals surface area contributed by atoms with Gasteiger partial charge in [0.05, 0.1) is 0 Å². The van der Waals surface area contributed by atoms with E-state index in [2.05, 4.69) is 6.92 Å². The molecule has 0 atom stereocenters. The Morgan fingerprint density at radius 2 is 1.73 bits per heavy atom. The van der Waals surface area contributed by atoms with Crippen LogP contribution in [0.4, 0.5) is 0 Å². The molecule has 0 aromatic heterocycles. The summed E-state index contributed by atoms with van der Waals surface area (Å²) in [6, 6.07) is 0. The van der Waals surface area contributed by atoms with Gasteiger partial charge in [-0.3, -0.25) is 0 Å². The van der Waals surface area contributed by atoms with Crippen LogP contribution in [0.2, 0.25) is 0 Å². The fourth-order valence-corrected chi connectivity index (χ4v) is 2.64. The molecule has 0 aromatic carbocycles. The van der Waals surface area contributed by atoms with Crippen molar-refractivity contribution in [2.24, 2.45) is 0 Å². The van der Waals surface area contributed by atoms with Crippen molar-refractivity contribution in [3.05, 3.63) is 0 Å². The maximum atomic E-state index is 9.99. The molecular weight excluding hydrogens is 213 g/mol. The second-order valence-electron chi connectivity index (χ2n) is 4.16. The molecule has 0 heterocycles. The van der Waals surface area contributed by atoms with E-state index >= 15 is 0 Å². The van der Waals surface area contributed by atoms with E-state index in [1.165, 1.54) is 24.2 Å². The zero-order chi connectivity index (χ0) is 12.0. The average Bonchev–Trinajstić information content (AvgIpc) is 2.15. The van der Waals surface area contributed by atoms with Crippen LogP contribution in [0.15, 0.2) is 0 Å². The van der Waals surface area contributed by atoms with Gasteiger partial charge in [0, 0.05) is 0 Å². The van der Waals surface area contributed by atoms with E-state index in [0.717, 1.165) is 12.8 Å². The molecule has 0 bridgehead atoms. The summed E-state index contributed by atoms with van der Waals surface area (Å²) in [5.41, 5.74) is 0. The molecule has 0 spiro atoms. The summed E-state index contributed by atoms with van der Waals surface area (Å²) in [5.74, 6) is 0. The van der Waals surface area contributed by atoms with Crippen molar-refractivity contribution in [3.63, 3.8) is 0 Å². The van der Waals surface area contributed by atoms with Crippen molar-refractivity contribution in [1.82, 2.24) is 4.67 Å². The van der Waals surface area contributed by atoms with Gasteiger partial charge in [-0.25, -0.2) is 0 Å². The van der Waals surface area contributed by atoms with Gasteiger partial charge in [-0.1, -0.05) is 0 Å². The first-order valence-corrected chi connectivity index (χ1v) is 8.16. The molecule has 0 saturated heterocycles. The van der Waals surface area contributed by atoms with Crippen molar-refractivity contribution < 1.29 is 14.3 Å². The zero-order valence-electron chi connectivity index (χ0n) is 10.4. The van der Waals surface area contributed by atoms with Gasteiger partial charge in [-0.2, -0.15) is 0 Å². The van der Waals surface area contributed by atoms with Gasteiger partial charge >= 0.3 is 92.8 Å². The normalized spacial score (nSPS) is 15.3. The van der Waals surface area contributed by atoms with Crippen molar-refractivity contribution in [2.45, 2.75) is 39.5 Å². The van der Waals surface area contributed by atoms with Crippen LogP contribution in [0.5, 0.6) is 0 Å². The molecule has 0 unspecified atom stereocenters. The molecule has 0 saturated carbocycles. The Bertz CT molecular complexity index is 179. The minimum absolute atomic E-state index is 0.422. The van der Waals surface area contributed by atoms with E-state index in [1.807, 2.05) is 6.92 Å². The SMILES string of the molecule is CCCCCCOP(C)(O)(O)N(C)CC. The Morgan fingerprint density at radius 1 is 1.13 bits per heavy atom. The molecule has 0 aliphatic heterocycles. The van der Waals surface area contributed by atoms with Crippen molar-refractivity contribution in [2.75, 3.05) is 26.9 Å². The molecule has 94 valence electrons. The molecule has 4 nitrogen and oxygen atoms in total. The monoisotopic (exact) mass is 239 g/mol. The number of hydrogen-bond acceptors (Lipinski definition) is 4. The molecule has 0 radical (unpaired) electrons. The van der Waals surface area contributed by atoms with E-state index < -0.39 is 7.43 Å². The first-order chi connectivity index (χ1) is 6.82. The molecular formula is C10H26NO3P. The van der Waals surface area contributed by atoms with Gasteiger partial charge < -0.3 is 0 Å². The van der Waals surface area contributed by atoms with Crippen molar-refractivity contribution in [1.29, 1.82) is 0 Å². The van der Waals surface area contributed by atoms with Crippen LogP contribution in [-0.4, -0.2) is 41.3 Å². The van der Waals surface area contributed by atoms with Gasteiger partial charge in [0.2, 0.25) is 0 Å². The minimum atomic E-state index is -4.00. The standard InChI is InChI=1S/C10H26NO3P/c1-5-7-8-9-10-14-15(4,12,13)11(3)6-2/h12-13H,5-10H2,1-4H3. The summed E-state index contributed by atoms with van der Waals surface area (Å²) in [7, 11) is -2.33. The third-order valence-electron chi connectivity index (χ3n) is 2.64. The fraction of sp³-hybridized carbons (Fsp3) is 1.00. The Morgan fingerprint density at radius 3 is 2.20 bits per heavy atom. The quantitative estimate of drug-likeness (QED) is 0.504. The van der Waals surface area contributed by atoms with Gasteiger partial charge in [-0.05, 0) is 0 Å². The van der Waals surface area contributed by atoms with E-state index in [4.69, 9.17) is 4.52 Å². The van der Waals surface area contributed by atoms with Crippen LogP contribution in [0.1, 0.15) is 39.5 Å². The van der Waals surface area contributed by atoms with E-state index in [1.54, 1.807) is 7.05 Å². The maximum absolute atomic E-state index is 9.99. The summed E-state index contributed by atoms with van der Waals surface area (Å²) in [4.78, 5) is 20.0. The Balaban J connectivity index is 3.91. The summed E-state index contributed by atoms with van der Waals surface area (Å²) < 4.78 is 6.78. The molecule has 0 fully saturated rings. The predicted octanol–water partition coefficient (Wildman–Crippen LogP) is 2.36. The topological polar surface area (TPSA) is 52.9 Å². The van der Waals surface area contributed by atoms with Crippen LogP contribution in [0.25, 0.3) is 0 Å². The molecule has 0 amide bonds. The number of nitrogens with zero attached hydrogens (tertiary/aromatic N) is 1. The second-order valence-corrected chi connectivity index (χ2v) is 7.70. The first kappa shape index (κ1) is 15.3. The van der Waals surface area contributed by atoms with E-state index in [-0.39, 0.29) is 0 Å². The molecule has 0 rings (SSSR count). The first-order valence-electron chi connectivity index (χ1n) is 5.70. The predicted molar refractivity (Wildman–Crippen MR) is 65.7 cm³/mol. The third-order valence-corrected chi connectivity index (χ3v) is 5.28. The van der Waals surface area contributed by atoms with Gasteiger partial charge in [-0.15, -0.1) is 0 Å². The molecule has 2 N–H and O–H groups in total. The number of unbranched alkanes of at least 4 members (excludes halogenated alkanes) is 3. The van der Waals surface area contributed by atoms with Crippen LogP contribution in [0.3, 0.4) is 0 Å². The van der Waals surface area contributed by atoms with E-state index in [0.29, 0.717) is 13.2 Å². The van der Waals surface area contributed by atoms with Crippen molar-refractivity contribution >= 4 is 7.43 Å². The summed E-state index contributed by atoms with van der Waals surface area (Å²) in [6.45, 7) is 6.40. The van der Waals surface area contributed by atoms with Gasteiger partial charge in [0.1, 0.15) is 0 Å². The second kappa shape index (κ2) is 6.12. The molecule has 5 heteroatoms. The number of rotatable bonds is 8. The zero-order valence-corrected chi connectivity index (χ0v) is 11.3. The molecule has 0 aliphatic carbocycles. The van der Waals surface area contributed by atoms with Crippen molar-refractivity contribution in [3.8, 4) is 0 Å². The third kappa shape index (κ3) is 5.79. The van der Waals surface area contributed by atoms with Gasteiger partial charge in [0.25, 0.3) is 0 Å². The van der Waals surface area contributed by atoms with Gasteiger partial charge in [0.15, 0.2) is 0 Å². The summed E-state index contributed by atoms with van der Waals surface area (Å²) in [5, 5.41) is 0. The molecule has 15 heavy (non-hydrogen) atoms. The van der Waals surface area contributed by atoms with E-state index in [9.17, 15) is 9.79 Å². The van der Waals surface area contributed by atoms with Crippen LogP contribution in [0, 0.1) is 0 Å². The van der Waals surface area contributed by atoms with Crippen LogP contribution in [-0.2, 0) is 4.52 Å².